The number of benzene rings is 2. The Kier molecular flexibility index (Phi) is 4.59. The summed E-state index contributed by atoms with van der Waals surface area (Å²) in [5.41, 5.74) is 1.58. The summed E-state index contributed by atoms with van der Waals surface area (Å²) in [5, 5.41) is 0.819. The minimum absolute atomic E-state index is 0.219. The van der Waals surface area contributed by atoms with Gasteiger partial charge in [0.2, 0.25) is 0 Å². The van der Waals surface area contributed by atoms with Crippen molar-refractivity contribution < 1.29 is 9.53 Å². The van der Waals surface area contributed by atoms with Gasteiger partial charge < -0.3 is 4.74 Å². The average Bonchev–Trinajstić information content (AvgIpc) is 2.37. The maximum Gasteiger partial charge on any atom is 0.199 e. The van der Waals surface area contributed by atoms with Crippen molar-refractivity contribution in [2.24, 2.45) is 0 Å². The number of hydrogen-bond acceptors (Lipinski definition) is 2. The molecule has 0 unspecified atom stereocenters. The van der Waals surface area contributed by atoms with E-state index in [2.05, 4.69) is 0 Å². The molecule has 2 aromatic carbocycles. The number of methoxy groups -OCH3 is 1. The zero-order valence-electron chi connectivity index (χ0n) is 10.8. The molecule has 0 aliphatic rings. The first-order valence-corrected chi connectivity index (χ1v) is 6.91. The quantitative estimate of drug-likeness (QED) is 0.724. The fourth-order valence-corrected chi connectivity index (χ4v) is 2.88. The number of carbonyl (C=O) groups excluding carboxylic acids is 1. The van der Waals surface area contributed by atoms with E-state index in [9.17, 15) is 4.79 Å². The molecule has 0 heterocycles. The van der Waals surface area contributed by atoms with E-state index in [-0.39, 0.29) is 21.4 Å². The van der Waals surface area contributed by atoms with Gasteiger partial charge in [-0.25, -0.2) is 0 Å². The number of halogens is 3. The Bertz CT molecular complexity index is 658. The van der Waals surface area contributed by atoms with E-state index in [1.54, 1.807) is 12.1 Å². The van der Waals surface area contributed by atoms with Crippen LogP contribution in [0.2, 0.25) is 15.1 Å². The first-order valence-electron chi connectivity index (χ1n) is 5.78. The lowest BCUT2D eigenvalue weighted by atomic mass is 10.0. The average molecular weight is 330 g/mol. The Balaban J connectivity index is 2.60. The van der Waals surface area contributed by atoms with Gasteiger partial charge in [-0.15, -0.1) is 0 Å². The highest BCUT2D eigenvalue weighted by Gasteiger charge is 2.21. The molecule has 20 heavy (non-hydrogen) atoms. The van der Waals surface area contributed by atoms with Crippen LogP contribution in [-0.4, -0.2) is 12.9 Å². The topological polar surface area (TPSA) is 26.3 Å². The number of carbonyl (C=O) groups is 1. The smallest absolute Gasteiger partial charge is 0.199 e. The van der Waals surface area contributed by atoms with E-state index in [1.165, 1.54) is 19.2 Å². The molecule has 2 nitrogen and oxygen atoms in total. The van der Waals surface area contributed by atoms with Gasteiger partial charge in [-0.2, -0.15) is 0 Å². The first kappa shape index (κ1) is 15.2. The normalized spacial score (nSPS) is 10.4. The summed E-state index contributed by atoms with van der Waals surface area (Å²) in [6.45, 7) is 1.89. The van der Waals surface area contributed by atoms with Gasteiger partial charge in [-0.1, -0.05) is 46.4 Å². The zero-order chi connectivity index (χ0) is 14.9. The molecule has 0 radical (unpaired) electrons. The lowest BCUT2D eigenvalue weighted by Crippen LogP contribution is -2.06. The van der Waals surface area contributed by atoms with Crippen LogP contribution in [0.1, 0.15) is 21.5 Å². The standard InChI is InChI=1S/C15H11Cl3O2/c1-8-3-4-13(20-2)10(5-8)15(19)14-11(17)6-9(16)7-12(14)18/h3-7H,1-2H3. The molecule has 0 aromatic heterocycles. The van der Waals surface area contributed by atoms with Crippen LogP contribution >= 0.6 is 34.8 Å². The molecule has 0 atom stereocenters. The Labute approximate surface area is 132 Å². The van der Waals surface area contributed by atoms with E-state index >= 15 is 0 Å². The van der Waals surface area contributed by atoms with Gasteiger partial charge in [0.1, 0.15) is 5.75 Å². The Morgan fingerprint density at radius 2 is 1.65 bits per heavy atom. The summed E-state index contributed by atoms with van der Waals surface area (Å²) in [5.74, 6) is 0.180. The van der Waals surface area contributed by atoms with E-state index in [4.69, 9.17) is 39.5 Å². The lowest BCUT2D eigenvalue weighted by Gasteiger charge is -2.11. The third-order valence-electron chi connectivity index (χ3n) is 2.83. The fourth-order valence-electron chi connectivity index (χ4n) is 1.89. The Morgan fingerprint density at radius 3 is 2.20 bits per heavy atom. The second kappa shape index (κ2) is 6.04. The van der Waals surface area contributed by atoms with Gasteiger partial charge in [0.25, 0.3) is 0 Å². The molecular weight excluding hydrogens is 319 g/mol. The zero-order valence-corrected chi connectivity index (χ0v) is 13.1. The van der Waals surface area contributed by atoms with E-state index in [0.717, 1.165) is 5.56 Å². The number of ketones is 1. The SMILES string of the molecule is COc1ccc(C)cc1C(=O)c1c(Cl)cc(Cl)cc1Cl. The van der Waals surface area contributed by atoms with Crippen LogP contribution in [0.25, 0.3) is 0 Å². The summed E-state index contributed by atoms with van der Waals surface area (Å²) in [4.78, 5) is 12.6. The molecule has 104 valence electrons. The Hall–Kier alpha value is -1.22. The van der Waals surface area contributed by atoms with Crippen LogP contribution in [0.3, 0.4) is 0 Å². The van der Waals surface area contributed by atoms with E-state index in [1.807, 2.05) is 13.0 Å². The molecule has 0 aliphatic carbocycles. The van der Waals surface area contributed by atoms with Crippen LogP contribution in [0.15, 0.2) is 30.3 Å². The molecule has 2 aromatic rings. The van der Waals surface area contributed by atoms with E-state index < -0.39 is 0 Å². The van der Waals surface area contributed by atoms with Crippen LogP contribution in [0, 0.1) is 6.92 Å². The molecule has 0 aliphatic heterocycles. The molecule has 0 N–H and O–H groups in total. The summed E-state index contributed by atoms with van der Waals surface area (Å²) in [6.07, 6.45) is 0. The van der Waals surface area contributed by atoms with Crippen molar-refractivity contribution in [1.29, 1.82) is 0 Å². The fraction of sp³-hybridized carbons (Fsp3) is 0.133. The van der Waals surface area contributed by atoms with Crippen LogP contribution in [0.4, 0.5) is 0 Å². The number of hydrogen-bond donors (Lipinski definition) is 0. The second-order valence-electron chi connectivity index (χ2n) is 4.28. The summed E-state index contributed by atoms with van der Waals surface area (Å²) in [7, 11) is 1.51. The van der Waals surface area contributed by atoms with Crippen molar-refractivity contribution in [3.8, 4) is 5.75 Å². The predicted molar refractivity (Wildman–Crippen MR) is 82.6 cm³/mol. The highest BCUT2D eigenvalue weighted by atomic mass is 35.5. The maximum absolute atomic E-state index is 12.6. The molecular formula is C15H11Cl3O2. The van der Waals surface area contributed by atoms with Gasteiger partial charge in [-0.3, -0.25) is 4.79 Å². The molecule has 5 heteroatoms. The van der Waals surface area contributed by atoms with Crippen LogP contribution < -0.4 is 4.74 Å². The van der Waals surface area contributed by atoms with Gasteiger partial charge in [0, 0.05) is 5.02 Å². The third-order valence-corrected chi connectivity index (χ3v) is 3.65. The first-order chi connectivity index (χ1) is 9.43. The molecule has 0 saturated heterocycles. The highest BCUT2D eigenvalue weighted by Crippen LogP contribution is 2.33. The summed E-state index contributed by atoms with van der Waals surface area (Å²) >= 11 is 18.0. The highest BCUT2D eigenvalue weighted by molar-refractivity contribution is 6.43. The number of ether oxygens (including phenoxy) is 1. The number of rotatable bonds is 3. The van der Waals surface area contributed by atoms with Crippen molar-refractivity contribution in [2.45, 2.75) is 6.92 Å². The molecule has 0 bridgehead atoms. The lowest BCUT2D eigenvalue weighted by molar-refractivity contribution is 0.103. The van der Waals surface area contributed by atoms with Gasteiger partial charge in [0.15, 0.2) is 5.78 Å². The summed E-state index contributed by atoms with van der Waals surface area (Å²) in [6, 6.07) is 8.32. The molecule has 0 amide bonds. The van der Waals surface area contributed by atoms with Gasteiger partial charge in [0.05, 0.1) is 28.3 Å². The van der Waals surface area contributed by atoms with Crippen molar-refractivity contribution in [3.05, 3.63) is 62.1 Å². The van der Waals surface area contributed by atoms with Crippen LogP contribution in [-0.2, 0) is 0 Å². The van der Waals surface area contributed by atoms with Crippen molar-refractivity contribution in [1.82, 2.24) is 0 Å². The van der Waals surface area contributed by atoms with Gasteiger partial charge in [-0.05, 0) is 31.2 Å². The minimum atomic E-state index is -0.294. The number of aryl methyl sites for hydroxylation is 1. The molecule has 0 fully saturated rings. The third kappa shape index (κ3) is 2.93. The largest absolute Gasteiger partial charge is 0.496 e. The molecule has 0 saturated carbocycles. The van der Waals surface area contributed by atoms with E-state index in [0.29, 0.717) is 16.3 Å². The van der Waals surface area contributed by atoms with Crippen LogP contribution in [0.5, 0.6) is 5.75 Å². The van der Waals surface area contributed by atoms with Gasteiger partial charge >= 0.3 is 0 Å². The predicted octanol–water partition coefficient (Wildman–Crippen LogP) is 5.19. The second-order valence-corrected chi connectivity index (χ2v) is 5.53. The van der Waals surface area contributed by atoms with Crippen molar-refractivity contribution >= 4 is 40.6 Å². The monoisotopic (exact) mass is 328 g/mol. The Morgan fingerprint density at radius 1 is 1.05 bits per heavy atom. The maximum atomic E-state index is 12.6. The van der Waals surface area contributed by atoms with Crippen molar-refractivity contribution in [2.75, 3.05) is 7.11 Å². The molecule has 0 spiro atoms. The van der Waals surface area contributed by atoms with Crippen molar-refractivity contribution in [3.63, 3.8) is 0 Å². The molecule has 2 rings (SSSR count). The summed E-state index contributed by atoms with van der Waals surface area (Å²) < 4.78 is 5.21. The minimum Gasteiger partial charge on any atom is -0.496 e.